The summed E-state index contributed by atoms with van der Waals surface area (Å²) in [4.78, 5) is 23.4. The van der Waals surface area contributed by atoms with Crippen LogP contribution in [0.1, 0.15) is 17.0 Å². The highest BCUT2D eigenvalue weighted by molar-refractivity contribution is 5.94. The molecule has 0 unspecified atom stereocenters. The van der Waals surface area contributed by atoms with Crippen molar-refractivity contribution in [2.24, 2.45) is 0 Å². The fourth-order valence-corrected chi connectivity index (χ4v) is 2.04. The minimum absolute atomic E-state index is 0.0494. The summed E-state index contributed by atoms with van der Waals surface area (Å²) in [6, 6.07) is 8.12. The average Bonchev–Trinajstić information content (AvgIpc) is 2.99. The number of fused-ring (bicyclic) bond motifs is 1. The van der Waals surface area contributed by atoms with Crippen molar-refractivity contribution in [2.45, 2.75) is 6.42 Å². The van der Waals surface area contributed by atoms with Crippen molar-refractivity contribution in [3.63, 3.8) is 0 Å². The van der Waals surface area contributed by atoms with Crippen LogP contribution < -0.4 is 14.8 Å². The van der Waals surface area contributed by atoms with Gasteiger partial charge in [0, 0.05) is 18.2 Å². The Kier molecular flexibility index (Phi) is 4.46. The molecule has 0 saturated heterocycles. The third kappa shape index (κ3) is 3.82. The first kappa shape index (κ1) is 15.0. The molecule has 7 heteroatoms. The van der Waals surface area contributed by atoms with Crippen LogP contribution in [0, 0.1) is 0 Å². The molecule has 23 heavy (non-hydrogen) atoms. The van der Waals surface area contributed by atoms with Crippen molar-refractivity contribution in [1.29, 1.82) is 0 Å². The van der Waals surface area contributed by atoms with Crippen molar-refractivity contribution in [2.75, 3.05) is 25.1 Å². The van der Waals surface area contributed by atoms with E-state index in [1.165, 1.54) is 12.3 Å². The number of anilines is 1. The number of hydrogen-bond donors (Lipinski definition) is 1. The van der Waals surface area contributed by atoms with Gasteiger partial charge in [-0.3, -0.25) is 4.79 Å². The molecule has 0 bridgehead atoms. The highest BCUT2D eigenvalue weighted by Crippen LogP contribution is 2.32. The molecule has 1 aliphatic heterocycles. The summed E-state index contributed by atoms with van der Waals surface area (Å²) in [5.74, 6) is 0.120. The van der Waals surface area contributed by atoms with E-state index in [-0.39, 0.29) is 5.76 Å². The van der Waals surface area contributed by atoms with Crippen molar-refractivity contribution in [1.82, 2.24) is 0 Å². The number of furan rings is 1. The number of amides is 1. The van der Waals surface area contributed by atoms with Gasteiger partial charge in [0.05, 0.1) is 19.5 Å². The summed E-state index contributed by atoms with van der Waals surface area (Å²) in [6.45, 7) is 0.751. The molecule has 0 saturated carbocycles. The van der Waals surface area contributed by atoms with E-state index in [1.54, 1.807) is 24.3 Å². The number of ether oxygens (including phenoxy) is 3. The van der Waals surface area contributed by atoms with Gasteiger partial charge in [0.1, 0.15) is 0 Å². The van der Waals surface area contributed by atoms with Crippen LogP contribution in [0.25, 0.3) is 0 Å². The lowest BCUT2D eigenvalue weighted by Crippen LogP contribution is -2.20. The fourth-order valence-electron chi connectivity index (χ4n) is 2.04. The van der Waals surface area contributed by atoms with Gasteiger partial charge in [0.25, 0.3) is 5.91 Å². The molecule has 0 fully saturated rings. The van der Waals surface area contributed by atoms with Crippen LogP contribution in [0.3, 0.4) is 0 Å². The number of nitrogens with one attached hydrogen (secondary N) is 1. The Morgan fingerprint density at radius 1 is 1.13 bits per heavy atom. The van der Waals surface area contributed by atoms with Crippen LogP contribution >= 0.6 is 0 Å². The average molecular weight is 317 g/mol. The Labute approximate surface area is 132 Å². The summed E-state index contributed by atoms with van der Waals surface area (Å²) in [5.41, 5.74) is 0.535. The standard InChI is InChI=1S/C16H15NO6/c18-15(10-23-16(19)13-3-1-6-21-13)17-11-4-5-12-14(9-11)22-8-2-7-20-12/h1,3-6,9H,2,7-8,10H2,(H,17,18). The molecule has 2 heterocycles. The van der Waals surface area contributed by atoms with Crippen molar-refractivity contribution in [3.8, 4) is 11.5 Å². The molecule has 0 spiro atoms. The number of benzene rings is 1. The normalized spacial score (nSPS) is 13.0. The third-order valence-corrected chi connectivity index (χ3v) is 3.09. The zero-order chi connectivity index (χ0) is 16.1. The largest absolute Gasteiger partial charge is 0.490 e. The van der Waals surface area contributed by atoms with Gasteiger partial charge in [-0.25, -0.2) is 4.79 Å². The number of esters is 1. The maximum atomic E-state index is 11.8. The van der Waals surface area contributed by atoms with Gasteiger partial charge in [0.2, 0.25) is 5.76 Å². The number of carbonyl (C=O) groups is 2. The molecule has 1 N–H and O–H groups in total. The quantitative estimate of drug-likeness (QED) is 0.870. The molecule has 2 aromatic rings. The zero-order valence-corrected chi connectivity index (χ0v) is 12.2. The molecule has 0 atom stereocenters. The van der Waals surface area contributed by atoms with Crippen LogP contribution in [-0.4, -0.2) is 31.7 Å². The topological polar surface area (TPSA) is 87.0 Å². The predicted octanol–water partition coefficient (Wildman–Crippen LogP) is 2.24. The van der Waals surface area contributed by atoms with E-state index in [9.17, 15) is 9.59 Å². The second-order valence-corrected chi connectivity index (χ2v) is 4.81. The lowest BCUT2D eigenvalue weighted by molar-refractivity contribution is -0.119. The maximum absolute atomic E-state index is 11.8. The molecule has 3 rings (SSSR count). The minimum Gasteiger partial charge on any atom is -0.490 e. The third-order valence-electron chi connectivity index (χ3n) is 3.09. The fraction of sp³-hybridized carbons (Fsp3) is 0.250. The minimum atomic E-state index is -0.691. The zero-order valence-electron chi connectivity index (χ0n) is 12.2. The van der Waals surface area contributed by atoms with Crippen molar-refractivity contribution >= 4 is 17.6 Å². The van der Waals surface area contributed by atoms with Gasteiger partial charge < -0.3 is 23.9 Å². The molecule has 7 nitrogen and oxygen atoms in total. The predicted molar refractivity (Wildman–Crippen MR) is 79.7 cm³/mol. The summed E-state index contributed by atoms with van der Waals surface area (Å²) in [7, 11) is 0. The number of rotatable bonds is 4. The van der Waals surface area contributed by atoms with E-state index < -0.39 is 18.5 Å². The van der Waals surface area contributed by atoms with E-state index in [0.29, 0.717) is 30.4 Å². The van der Waals surface area contributed by atoms with Crippen LogP contribution in [0.5, 0.6) is 11.5 Å². The smallest absolute Gasteiger partial charge is 0.374 e. The van der Waals surface area contributed by atoms with Gasteiger partial charge in [0.15, 0.2) is 18.1 Å². The monoisotopic (exact) mass is 317 g/mol. The highest BCUT2D eigenvalue weighted by Gasteiger charge is 2.14. The summed E-state index contributed by atoms with van der Waals surface area (Å²) in [5, 5.41) is 2.63. The Balaban J connectivity index is 1.55. The van der Waals surface area contributed by atoms with E-state index in [0.717, 1.165) is 6.42 Å². The first-order valence-corrected chi connectivity index (χ1v) is 7.12. The molecule has 0 aliphatic carbocycles. The molecule has 1 aliphatic rings. The Hall–Kier alpha value is -2.96. The summed E-state index contributed by atoms with van der Waals surface area (Å²) in [6.07, 6.45) is 2.16. The van der Waals surface area contributed by atoms with E-state index in [4.69, 9.17) is 18.6 Å². The summed E-state index contributed by atoms with van der Waals surface area (Å²) < 4.78 is 20.8. The van der Waals surface area contributed by atoms with Crippen molar-refractivity contribution < 1.29 is 28.2 Å². The molecule has 1 aromatic carbocycles. The van der Waals surface area contributed by atoms with Gasteiger partial charge >= 0.3 is 5.97 Å². The van der Waals surface area contributed by atoms with E-state index >= 15 is 0 Å². The highest BCUT2D eigenvalue weighted by atomic mass is 16.5. The SMILES string of the molecule is O=C(COC(=O)c1ccco1)Nc1ccc2c(c1)OCCCO2. The van der Waals surface area contributed by atoms with Crippen LogP contribution in [0.2, 0.25) is 0 Å². The molecular weight excluding hydrogens is 302 g/mol. The van der Waals surface area contributed by atoms with Crippen LogP contribution in [-0.2, 0) is 9.53 Å². The Bertz CT molecular complexity index is 695. The maximum Gasteiger partial charge on any atom is 0.374 e. The molecule has 0 radical (unpaired) electrons. The van der Waals surface area contributed by atoms with E-state index in [1.807, 2.05) is 0 Å². The van der Waals surface area contributed by atoms with Crippen LogP contribution in [0.15, 0.2) is 41.0 Å². The first-order valence-electron chi connectivity index (χ1n) is 7.12. The Morgan fingerprint density at radius 2 is 1.96 bits per heavy atom. The second-order valence-electron chi connectivity index (χ2n) is 4.81. The van der Waals surface area contributed by atoms with Gasteiger partial charge in [-0.1, -0.05) is 0 Å². The molecule has 1 amide bonds. The molecular formula is C16H15NO6. The number of carbonyl (C=O) groups excluding carboxylic acids is 2. The van der Waals surface area contributed by atoms with E-state index in [2.05, 4.69) is 5.32 Å². The second kappa shape index (κ2) is 6.87. The molecule has 1 aromatic heterocycles. The van der Waals surface area contributed by atoms with Gasteiger partial charge in [-0.2, -0.15) is 0 Å². The lowest BCUT2D eigenvalue weighted by atomic mass is 10.2. The van der Waals surface area contributed by atoms with Crippen molar-refractivity contribution in [3.05, 3.63) is 42.4 Å². The lowest BCUT2D eigenvalue weighted by Gasteiger charge is -2.10. The Morgan fingerprint density at radius 3 is 2.74 bits per heavy atom. The summed E-state index contributed by atoms with van der Waals surface area (Å²) >= 11 is 0. The van der Waals surface area contributed by atoms with Gasteiger partial charge in [-0.15, -0.1) is 0 Å². The van der Waals surface area contributed by atoms with Crippen LogP contribution in [0.4, 0.5) is 5.69 Å². The first-order chi connectivity index (χ1) is 11.2. The molecule has 120 valence electrons. The number of hydrogen-bond acceptors (Lipinski definition) is 6. The van der Waals surface area contributed by atoms with Gasteiger partial charge in [-0.05, 0) is 24.3 Å².